The van der Waals surface area contributed by atoms with Gasteiger partial charge in [-0.2, -0.15) is 0 Å². The number of nitrogens with zero attached hydrogens (tertiary/aromatic N) is 2. The standard InChI is InChI=1S/C14H28N2O4/c1-9-16(13(18)20-14(4,5)6)11(10(2)3)12(17)15(7)19-8/h10-11H,9H2,1-8H3. The van der Waals surface area contributed by atoms with Gasteiger partial charge >= 0.3 is 6.09 Å². The van der Waals surface area contributed by atoms with Crippen molar-refractivity contribution in [3.05, 3.63) is 0 Å². The van der Waals surface area contributed by atoms with E-state index in [1.54, 1.807) is 20.8 Å². The van der Waals surface area contributed by atoms with Crippen LogP contribution in [0.3, 0.4) is 0 Å². The first-order valence-electron chi connectivity index (χ1n) is 6.86. The first-order chi connectivity index (χ1) is 9.05. The molecule has 0 heterocycles. The third-order valence-electron chi connectivity index (χ3n) is 2.77. The van der Waals surface area contributed by atoms with Gasteiger partial charge in [0, 0.05) is 13.6 Å². The van der Waals surface area contributed by atoms with Crippen LogP contribution in [0.5, 0.6) is 0 Å². The summed E-state index contributed by atoms with van der Waals surface area (Å²) in [6, 6.07) is -0.611. The van der Waals surface area contributed by atoms with E-state index in [-0.39, 0.29) is 11.8 Å². The Morgan fingerprint density at radius 3 is 2.00 bits per heavy atom. The van der Waals surface area contributed by atoms with E-state index in [0.717, 1.165) is 5.06 Å². The van der Waals surface area contributed by atoms with E-state index in [1.807, 2.05) is 20.8 Å². The average Bonchev–Trinajstić information content (AvgIpc) is 2.30. The van der Waals surface area contributed by atoms with Crippen LogP contribution in [0.2, 0.25) is 0 Å². The maximum atomic E-state index is 12.3. The number of hydrogen-bond donors (Lipinski definition) is 0. The van der Waals surface area contributed by atoms with Gasteiger partial charge in [0.1, 0.15) is 11.6 Å². The number of likely N-dealkylation sites (N-methyl/N-ethyl adjacent to an activating group) is 2. The van der Waals surface area contributed by atoms with Gasteiger partial charge in [0.2, 0.25) is 0 Å². The summed E-state index contributed by atoms with van der Waals surface area (Å²) in [6.45, 7) is 11.4. The molecule has 0 aromatic heterocycles. The molecule has 0 aliphatic rings. The third-order valence-corrected chi connectivity index (χ3v) is 2.77. The van der Waals surface area contributed by atoms with Crippen LogP contribution in [-0.4, -0.2) is 54.3 Å². The van der Waals surface area contributed by atoms with E-state index in [2.05, 4.69) is 0 Å². The number of ether oxygens (including phenoxy) is 1. The molecule has 20 heavy (non-hydrogen) atoms. The molecule has 1 atom stereocenters. The molecule has 0 saturated carbocycles. The van der Waals surface area contributed by atoms with E-state index in [1.165, 1.54) is 19.1 Å². The van der Waals surface area contributed by atoms with Gasteiger partial charge in [0.05, 0.1) is 7.11 Å². The maximum Gasteiger partial charge on any atom is 0.410 e. The van der Waals surface area contributed by atoms with Crippen molar-refractivity contribution < 1.29 is 19.2 Å². The van der Waals surface area contributed by atoms with Crippen molar-refractivity contribution in [2.45, 2.75) is 53.2 Å². The Kier molecular flexibility index (Phi) is 6.99. The van der Waals surface area contributed by atoms with Crippen LogP contribution < -0.4 is 0 Å². The minimum Gasteiger partial charge on any atom is -0.444 e. The Bertz CT molecular complexity index is 337. The Balaban J connectivity index is 5.22. The predicted molar refractivity (Wildman–Crippen MR) is 77.0 cm³/mol. The molecule has 6 nitrogen and oxygen atoms in total. The normalized spacial score (nSPS) is 13.1. The highest BCUT2D eigenvalue weighted by Gasteiger charge is 2.35. The summed E-state index contributed by atoms with van der Waals surface area (Å²) in [4.78, 5) is 30.9. The lowest BCUT2D eigenvalue weighted by Gasteiger charge is -2.35. The Morgan fingerprint density at radius 1 is 1.20 bits per heavy atom. The lowest BCUT2D eigenvalue weighted by Crippen LogP contribution is -2.53. The van der Waals surface area contributed by atoms with Gasteiger partial charge in [-0.05, 0) is 33.6 Å². The van der Waals surface area contributed by atoms with Crippen LogP contribution in [0.25, 0.3) is 0 Å². The molecule has 0 aromatic carbocycles. The SMILES string of the molecule is CCN(C(=O)OC(C)(C)C)C(C(=O)N(C)OC)C(C)C. The largest absolute Gasteiger partial charge is 0.444 e. The van der Waals surface area contributed by atoms with Gasteiger partial charge in [-0.3, -0.25) is 14.5 Å². The molecule has 0 aromatic rings. The van der Waals surface area contributed by atoms with E-state index < -0.39 is 17.7 Å². The highest BCUT2D eigenvalue weighted by Crippen LogP contribution is 2.18. The fourth-order valence-electron chi connectivity index (χ4n) is 1.81. The summed E-state index contributed by atoms with van der Waals surface area (Å²) in [6.07, 6.45) is -0.489. The summed E-state index contributed by atoms with van der Waals surface area (Å²) >= 11 is 0. The molecule has 0 rings (SSSR count). The number of hydrogen-bond acceptors (Lipinski definition) is 4. The fourth-order valence-corrected chi connectivity index (χ4v) is 1.81. The minimum atomic E-state index is -0.611. The number of carbonyl (C=O) groups is 2. The van der Waals surface area contributed by atoms with Crippen molar-refractivity contribution in [2.75, 3.05) is 20.7 Å². The van der Waals surface area contributed by atoms with Crippen molar-refractivity contribution in [3.63, 3.8) is 0 Å². The molecule has 0 radical (unpaired) electrons. The molecular formula is C14H28N2O4. The van der Waals surface area contributed by atoms with Gasteiger partial charge in [0.15, 0.2) is 0 Å². The van der Waals surface area contributed by atoms with E-state index in [4.69, 9.17) is 9.57 Å². The van der Waals surface area contributed by atoms with Crippen LogP contribution in [-0.2, 0) is 14.4 Å². The molecule has 0 aliphatic carbocycles. The Hall–Kier alpha value is -1.30. The molecule has 0 N–H and O–H groups in total. The number of carbonyl (C=O) groups excluding carboxylic acids is 2. The molecule has 0 saturated heterocycles. The molecule has 6 heteroatoms. The second-order valence-corrected chi connectivity index (χ2v) is 5.97. The molecule has 0 aliphatic heterocycles. The molecular weight excluding hydrogens is 260 g/mol. The van der Waals surface area contributed by atoms with Crippen molar-refractivity contribution >= 4 is 12.0 Å². The second kappa shape index (κ2) is 7.47. The van der Waals surface area contributed by atoms with Gasteiger partial charge in [-0.15, -0.1) is 0 Å². The van der Waals surface area contributed by atoms with Crippen molar-refractivity contribution in [2.24, 2.45) is 5.92 Å². The highest BCUT2D eigenvalue weighted by atomic mass is 16.7. The maximum absolute atomic E-state index is 12.3. The van der Waals surface area contributed by atoms with Gasteiger partial charge in [-0.25, -0.2) is 9.86 Å². The van der Waals surface area contributed by atoms with Crippen LogP contribution in [0.15, 0.2) is 0 Å². The van der Waals surface area contributed by atoms with Crippen LogP contribution in [0.1, 0.15) is 41.5 Å². The van der Waals surface area contributed by atoms with Gasteiger partial charge < -0.3 is 4.74 Å². The molecule has 2 amide bonds. The summed E-state index contributed by atoms with van der Waals surface area (Å²) in [7, 11) is 2.94. The van der Waals surface area contributed by atoms with E-state index in [9.17, 15) is 9.59 Å². The van der Waals surface area contributed by atoms with Gasteiger partial charge in [-0.1, -0.05) is 13.8 Å². The Morgan fingerprint density at radius 2 is 1.70 bits per heavy atom. The molecule has 118 valence electrons. The molecule has 0 spiro atoms. The lowest BCUT2D eigenvalue weighted by atomic mass is 10.0. The summed E-state index contributed by atoms with van der Waals surface area (Å²) in [5, 5.41) is 1.14. The van der Waals surface area contributed by atoms with Crippen LogP contribution in [0, 0.1) is 5.92 Å². The number of amides is 2. The quantitative estimate of drug-likeness (QED) is 0.728. The molecule has 0 fully saturated rings. The smallest absolute Gasteiger partial charge is 0.410 e. The third kappa shape index (κ3) is 5.36. The predicted octanol–water partition coefficient (Wildman–Crippen LogP) is 2.29. The lowest BCUT2D eigenvalue weighted by molar-refractivity contribution is -0.175. The average molecular weight is 288 g/mol. The zero-order valence-corrected chi connectivity index (χ0v) is 13.9. The van der Waals surface area contributed by atoms with E-state index >= 15 is 0 Å². The summed E-state index contributed by atoms with van der Waals surface area (Å²) < 4.78 is 5.36. The zero-order valence-electron chi connectivity index (χ0n) is 13.9. The van der Waals surface area contributed by atoms with Crippen molar-refractivity contribution in [1.29, 1.82) is 0 Å². The first kappa shape index (κ1) is 18.7. The number of rotatable bonds is 5. The molecule has 1 unspecified atom stereocenters. The fraction of sp³-hybridized carbons (Fsp3) is 0.857. The topological polar surface area (TPSA) is 59.1 Å². The van der Waals surface area contributed by atoms with Crippen molar-refractivity contribution in [3.8, 4) is 0 Å². The first-order valence-corrected chi connectivity index (χ1v) is 6.86. The van der Waals surface area contributed by atoms with Crippen LogP contribution in [0.4, 0.5) is 4.79 Å². The van der Waals surface area contributed by atoms with Gasteiger partial charge in [0.25, 0.3) is 5.91 Å². The zero-order chi connectivity index (χ0) is 16.1. The summed E-state index contributed by atoms with van der Waals surface area (Å²) in [5.41, 5.74) is -0.595. The monoisotopic (exact) mass is 288 g/mol. The second-order valence-electron chi connectivity index (χ2n) is 5.97. The van der Waals surface area contributed by atoms with Crippen LogP contribution >= 0.6 is 0 Å². The van der Waals surface area contributed by atoms with E-state index in [0.29, 0.717) is 6.54 Å². The van der Waals surface area contributed by atoms with Crippen molar-refractivity contribution in [1.82, 2.24) is 9.96 Å². The molecule has 0 bridgehead atoms. The Labute approximate surface area is 122 Å². The highest BCUT2D eigenvalue weighted by molar-refractivity contribution is 5.85. The summed E-state index contributed by atoms with van der Waals surface area (Å²) in [5.74, 6) is -0.317. The number of hydroxylamine groups is 2. The minimum absolute atomic E-state index is 0.0485.